The number of aromatic nitrogens is 3. The van der Waals surface area contributed by atoms with E-state index in [0.717, 1.165) is 42.8 Å². The number of ether oxygens (including phenoxy) is 1. The highest BCUT2D eigenvalue weighted by Gasteiger charge is 2.40. The lowest BCUT2D eigenvalue weighted by molar-refractivity contribution is -0.165. The molecule has 4 heterocycles. The average molecular weight is 822 g/mol. The van der Waals surface area contributed by atoms with E-state index in [1.54, 1.807) is 18.6 Å². The van der Waals surface area contributed by atoms with Crippen molar-refractivity contribution in [1.82, 2.24) is 29.1 Å². The first-order chi connectivity index (χ1) is 26.2. The fourth-order valence-electron chi connectivity index (χ4n) is 6.44. The summed E-state index contributed by atoms with van der Waals surface area (Å²) in [6.07, 6.45) is 5.05. The van der Waals surface area contributed by atoms with Crippen LogP contribution < -0.4 is 10.1 Å². The molecule has 4 aromatic rings. The Balaban J connectivity index is 0.000000511. The van der Waals surface area contributed by atoms with Crippen LogP contribution in [0.4, 0.5) is 0 Å². The monoisotopic (exact) mass is 820 g/mol. The van der Waals surface area contributed by atoms with E-state index in [4.69, 9.17) is 53.3 Å². The summed E-state index contributed by atoms with van der Waals surface area (Å²) in [5.41, 5.74) is 2.67. The number of para-hydroxylation sites is 1. The Bertz CT molecular complexity index is 2100. The zero-order valence-corrected chi connectivity index (χ0v) is 32.2. The number of hydrogen-bond donors (Lipinski definition) is 5. The van der Waals surface area contributed by atoms with Crippen LogP contribution in [-0.2, 0) is 31.0 Å². The third kappa shape index (κ3) is 9.91. The molecule has 1 amide bonds. The number of sulfonamides is 1. The first-order valence-electron chi connectivity index (χ1n) is 17.5. The van der Waals surface area contributed by atoms with Gasteiger partial charge in [-0.3, -0.25) is 4.79 Å². The van der Waals surface area contributed by atoms with E-state index in [9.17, 15) is 22.8 Å². The van der Waals surface area contributed by atoms with Crippen LogP contribution in [-0.4, -0.2) is 121 Å². The van der Waals surface area contributed by atoms with Crippen molar-refractivity contribution in [1.29, 1.82) is 0 Å². The van der Waals surface area contributed by atoms with Gasteiger partial charge in [-0.05, 0) is 82.9 Å². The maximum atomic E-state index is 13.9. The van der Waals surface area contributed by atoms with Crippen LogP contribution in [0.25, 0.3) is 16.6 Å². The number of pyridine rings is 1. The average Bonchev–Trinajstić information content (AvgIpc) is 3.97. The van der Waals surface area contributed by atoms with Crippen LogP contribution in [0.3, 0.4) is 0 Å². The van der Waals surface area contributed by atoms with Crippen LogP contribution >= 0.6 is 23.2 Å². The number of fused-ring (bicyclic) bond motifs is 1. The third-order valence-electron chi connectivity index (χ3n) is 9.26. The highest BCUT2D eigenvalue weighted by atomic mass is 35.5. The minimum absolute atomic E-state index is 0.0253. The number of carboxylic acids is 2. The predicted octanol–water partition coefficient (Wildman–Crippen LogP) is 3.25. The van der Waals surface area contributed by atoms with Gasteiger partial charge in [0, 0.05) is 47.1 Å². The predicted molar refractivity (Wildman–Crippen MR) is 202 cm³/mol. The summed E-state index contributed by atoms with van der Waals surface area (Å²) >= 11 is 13.3. The summed E-state index contributed by atoms with van der Waals surface area (Å²) in [5.74, 6) is -3.32. The van der Waals surface area contributed by atoms with E-state index in [1.807, 2.05) is 35.9 Å². The van der Waals surface area contributed by atoms with Crippen LogP contribution in [0, 0.1) is 6.92 Å². The molecule has 3 atom stereocenters. The number of nitrogens with zero attached hydrogens (tertiary/aromatic N) is 5. The fourth-order valence-corrected chi connectivity index (χ4v) is 8.96. The summed E-state index contributed by atoms with van der Waals surface area (Å²) in [4.78, 5) is 43.8. The van der Waals surface area contributed by atoms with E-state index in [2.05, 4.69) is 15.2 Å². The molecule has 2 aliphatic heterocycles. The Morgan fingerprint density at radius 2 is 1.73 bits per heavy atom. The minimum Gasteiger partial charge on any atom is -0.487 e. The number of hydrogen-bond acceptors (Lipinski definition) is 11. The standard InChI is InChI=1S/C32H36Cl2N6O4S.C4H6O6/c1-22-19-27(39-18-13-35-21-39)23-7-4-9-28(31(23)37-22)44-20-24-25(33)10-11-29(30(24)34)45(42,43)40-17-5-8-26(40)32(41)36-12-6-16-38-14-2-3-15-38;5-1(3(7)8)2(6)4(9)10/h4,7,9-11,13,18-19,21,26H,2-3,5-6,8,12,14-17,20H2,1H3,(H,36,41);1-2,5-6H,(H,7,8)(H,9,10)/t26-;/m0./s1. The first kappa shape index (κ1) is 41.8. The van der Waals surface area contributed by atoms with E-state index in [1.165, 1.54) is 29.3 Å². The number of rotatable bonds is 14. The van der Waals surface area contributed by atoms with Gasteiger partial charge in [-0.2, -0.15) is 4.31 Å². The quantitative estimate of drug-likeness (QED) is 0.115. The molecule has 2 unspecified atom stereocenters. The van der Waals surface area contributed by atoms with Crippen molar-refractivity contribution in [3.8, 4) is 11.4 Å². The summed E-state index contributed by atoms with van der Waals surface area (Å²) < 4.78 is 37.2. The topological polar surface area (TPSA) is 225 Å². The number of nitrogens with one attached hydrogen (secondary N) is 1. The van der Waals surface area contributed by atoms with Crippen LogP contribution in [0.15, 0.2) is 60.0 Å². The summed E-state index contributed by atoms with van der Waals surface area (Å²) in [7, 11) is -4.10. The Morgan fingerprint density at radius 1 is 1.02 bits per heavy atom. The van der Waals surface area contributed by atoms with Crippen molar-refractivity contribution in [2.24, 2.45) is 0 Å². The molecule has 2 aromatic heterocycles. The molecule has 2 saturated heterocycles. The van der Waals surface area contributed by atoms with Gasteiger partial charge in [0.25, 0.3) is 0 Å². The molecular formula is C36H42Cl2N6O10S. The Kier molecular flexibility index (Phi) is 14.1. The number of carbonyl (C=O) groups is 3. The summed E-state index contributed by atoms with van der Waals surface area (Å²) in [5, 5.41) is 36.6. The van der Waals surface area contributed by atoms with Gasteiger partial charge in [0.1, 0.15) is 28.8 Å². The van der Waals surface area contributed by atoms with E-state index in [-0.39, 0.29) is 34.0 Å². The minimum atomic E-state index is -4.10. The number of carbonyl (C=O) groups excluding carboxylic acids is 1. The summed E-state index contributed by atoms with van der Waals surface area (Å²) in [6, 6.07) is 9.70. The molecule has 0 saturated carbocycles. The molecule has 0 aliphatic carbocycles. The molecule has 296 valence electrons. The van der Waals surface area contributed by atoms with Gasteiger partial charge in [-0.15, -0.1) is 0 Å². The molecule has 2 aliphatic rings. The van der Waals surface area contributed by atoms with Gasteiger partial charge >= 0.3 is 11.9 Å². The van der Waals surface area contributed by atoms with Gasteiger partial charge < -0.3 is 39.9 Å². The Hall–Kier alpha value is -4.36. The number of benzene rings is 2. The molecule has 55 heavy (non-hydrogen) atoms. The Morgan fingerprint density at radius 3 is 2.38 bits per heavy atom. The molecule has 0 bridgehead atoms. The zero-order chi connectivity index (χ0) is 39.9. The first-order valence-corrected chi connectivity index (χ1v) is 19.7. The molecule has 0 radical (unpaired) electrons. The number of carboxylic acid groups (broad SMARTS) is 2. The number of likely N-dealkylation sites (tertiary alicyclic amines) is 1. The molecular weight excluding hydrogens is 779 g/mol. The van der Waals surface area contributed by atoms with Crippen molar-refractivity contribution in [2.75, 3.05) is 32.7 Å². The van der Waals surface area contributed by atoms with Crippen molar-refractivity contribution >= 4 is 62.0 Å². The Labute approximate surface area is 327 Å². The second kappa shape index (κ2) is 18.5. The lowest BCUT2D eigenvalue weighted by Gasteiger charge is -2.25. The van der Waals surface area contributed by atoms with Crippen LogP contribution in [0.2, 0.25) is 10.0 Å². The molecule has 19 heteroatoms. The van der Waals surface area contributed by atoms with Crippen molar-refractivity contribution in [2.45, 2.75) is 68.8 Å². The molecule has 6 rings (SSSR count). The second-order valence-corrected chi connectivity index (χ2v) is 15.7. The SMILES string of the molecule is Cc1cc(-n2ccnc2)c2cccc(OCc3c(Cl)ccc(S(=O)(=O)N4CCC[C@H]4C(=O)NCCCN4CCCC4)c3Cl)c2n1.O=C(O)C(O)C(O)C(=O)O. The zero-order valence-electron chi connectivity index (χ0n) is 29.8. The second-order valence-electron chi connectivity index (χ2n) is 13.1. The van der Waals surface area contributed by atoms with Crippen LogP contribution in [0.5, 0.6) is 5.75 Å². The maximum Gasteiger partial charge on any atom is 0.335 e. The molecule has 0 spiro atoms. The molecule has 5 N–H and O–H groups in total. The number of aliphatic carboxylic acids is 2. The van der Waals surface area contributed by atoms with Crippen LogP contribution in [0.1, 0.15) is 43.4 Å². The van der Waals surface area contributed by atoms with Gasteiger partial charge in [0.05, 0.1) is 17.0 Å². The molecule has 2 aromatic carbocycles. The van der Waals surface area contributed by atoms with E-state index < -0.39 is 40.2 Å². The maximum absolute atomic E-state index is 13.9. The number of halogens is 2. The fraction of sp³-hybridized carbons (Fsp3) is 0.417. The van der Waals surface area contributed by atoms with Crippen molar-refractivity contribution < 1.29 is 48.0 Å². The third-order valence-corrected chi connectivity index (χ3v) is 12.1. The number of aryl methyl sites for hydroxylation is 1. The number of imidazole rings is 1. The van der Waals surface area contributed by atoms with E-state index >= 15 is 0 Å². The summed E-state index contributed by atoms with van der Waals surface area (Å²) in [6.45, 7) is 5.69. The number of aliphatic hydroxyl groups is 2. The highest BCUT2D eigenvalue weighted by Crippen LogP contribution is 2.37. The van der Waals surface area contributed by atoms with Crippen molar-refractivity contribution in [3.05, 3.63) is 76.4 Å². The van der Waals surface area contributed by atoms with Gasteiger partial charge in [-0.25, -0.2) is 28.0 Å². The van der Waals surface area contributed by atoms with Gasteiger partial charge in [0.15, 0.2) is 12.2 Å². The van der Waals surface area contributed by atoms with Gasteiger partial charge in [-0.1, -0.05) is 35.3 Å². The number of aliphatic hydroxyl groups excluding tert-OH is 2. The smallest absolute Gasteiger partial charge is 0.335 e. The lowest BCUT2D eigenvalue weighted by atomic mass is 10.1. The number of amides is 1. The van der Waals surface area contributed by atoms with Gasteiger partial charge in [0.2, 0.25) is 15.9 Å². The molecule has 2 fully saturated rings. The van der Waals surface area contributed by atoms with E-state index in [0.29, 0.717) is 36.2 Å². The normalized spacial score (nSPS) is 17.4. The largest absolute Gasteiger partial charge is 0.487 e. The van der Waals surface area contributed by atoms with Crippen molar-refractivity contribution in [3.63, 3.8) is 0 Å². The molecule has 16 nitrogen and oxygen atoms in total. The highest BCUT2D eigenvalue weighted by molar-refractivity contribution is 7.89. The lowest BCUT2D eigenvalue weighted by Crippen LogP contribution is -2.46.